The predicted octanol–water partition coefficient (Wildman–Crippen LogP) is 2.55. The van der Waals surface area contributed by atoms with Crippen LogP contribution in [0.4, 0.5) is 0 Å². The highest BCUT2D eigenvalue weighted by Gasteiger charge is 2.23. The van der Waals surface area contributed by atoms with Gasteiger partial charge in [0.15, 0.2) is 0 Å². The Hall–Kier alpha value is -0.610. The summed E-state index contributed by atoms with van der Waals surface area (Å²) in [6.45, 7) is 7.67. The number of aliphatic hydroxyl groups excluding tert-OH is 1. The third kappa shape index (κ3) is 7.82. The monoisotopic (exact) mass is 298 g/mol. The van der Waals surface area contributed by atoms with Crippen molar-refractivity contribution < 1.29 is 9.90 Å². The van der Waals surface area contributed by atoms with E-state index in [1.807, 2.05) is 0 Å². The molecule has 1 rings (SSSR count). The van der Waals surface area contributed by atoms with E-state index in [1.54, 1.807) is 0 Å². The van der Waals surface area contributed by atoms with Gasteiger partial charge >= 0.3 is 0 Å². The Morgan fingerprint density at radius 2 is 1.86 bits per heavy atom. The Morgan fingerprint density at radius 1 is 1.19 bits per heavy atom. The molecule has 0 heterocycles. The van der Waals surface area contributed by atoms with Crippen molar-refractivity contribution >= 4 is 5.91 Å². The predicted molar refractivity (Wildman–Crippen MR) is 87.2 cm³/mol. The van der Waals surface area contributed by atoms with Crippen LogP contribution in [0.3, 0.4) is 0 Å². The Morgan fingerprint density at radius 3 is 2.43 bits per heavy atom. The van der Waals surface area contributed by atoms with E-state index in [9.17, 15) is 9.90 Å². The smallest absolute Gasteiger partial charge is 0.234 e. The van der Waals surface area contributed by atoms with E-state index in [4.69, 9.17) is 0 Å². The topological polar surface area (TPSA) is 52.6 Å². The van der Waals surface area contributed by atoms with Crippen LogP contribution in [-0.4, -0.2) is 47.7 Å². The molecule has 1 aliphatic carbocycles. The van der Waals surface area contributed by atoms with Crippen molar-refractivity contribution in [3.63, 3.8) is 0 Å². The number of hydrogen-bond donors (Lipinski definition) is 2. The maximum Gasteiger partial charge on any atom is 0.234 e. The first-order valence-corrected chi connectivity index (χ1v) is 8.67. The molecule has 0 aromatic rings. The third-order valence-corrected chi connectivity index (χ3v) is 4.41. The lowest BCUT2D eigenvalue weighted by Crippen LogP contribution is -2.46. The largest absolute Gasteiger partial charge is 0.395 e. The summed E-state index contributed by atoms with van der Waals surface area (Å²) in [5.41, 5.74) is 0. The minimum absolute atomic E-state index is 0.102. The number of nitrogens with zero attached hydrogens (tertiary/aromatic N) is 1. The molecule has 0 radical (unpaired) electrons. The van der Waals surface area contributed by atoms with E-state index in [0.29, 0.717) is 25.0 Å². The molecule has 1 unspecified atom stereocenters. The molecule has 1 aliphatic rings. The Balaban J connectivity index is 2.37. The van der Waals surface area contributed by atoms with Crippen LogP contribution in [0.2, 0.25) is 0 Å². The van der Waals surface area contributed by atoms with Gasteiger partial charge in [-0.2, -0.15) is 0 Å². The Kier molecular flexibility index (Phi) is 8.93. The molecular formula is C17H34N2O2. The van der Waals surface area contributed by atoms with Crippen molar-refractivity contribution in [2.24, 2.45) is 5.92 Å². The van der Waals surface area contributed by atoms with Crippen molar-refractivity contribution in [2.45, 2.75) is 77.8 Å². The molecule has 124 valence electrons. The third-order valence-electron chi connectivity index (χ3n) is 4.41. The van der Waals surface area contributed by atoms with Crippen LogP contribution in [-0.2, 0) is 4.79 Å². The molecule has 1 fully saturated rings. The summed E-state index contributed by atoms with van der Waals surface area (Å²) < 4.78 is 0. The summed E-state index contributed by atoms with van der Waals surface area (Å²) in [7, 11) is 0. The molecule has 4 nitrogen and oxygen atoms in total. The summed E-state index contributed by atoms with van der Waals surface area (Å²) >= 11 is 0. The molecule has 21 heavy (non-hydrogen) atoms. The Labute approximate surface area is 130 Å². The van der Waals surface area contributed by atoms with Crippen LogP contribution < -0.4 is 5.32 Å². The maximum absolute atomic E-state index is 12.2. The highest BCUT2D eigenvalue weighted by Crippen LogP contribution is 2.22. The number of aliphatic hydroxyl groups is 1. The van der Waals surface area contributed by atoms with Gasteiger partial charge in [0, 0.05) is 18.6 Å². The van der Waals surface area contributed by atoms with Crippen LogP contribution in [0, 0.1) is 5.92 Å². The second kappa shape index (κ2) is 10.2. The zero-order chi connectivity index (χ0) is 15.7. The van der Waals surface area contributed by atoms with Crippen molar-refractivity contribution in [1.29, 1.82) is 0 Å². The van der Waals surface area contributed by atoms with E-state index in [1.165, 1.54) is 19.3 Å². The van der Waals surface area contributed by atoms with E-state index in [2.05, 4.69) is 31.0 Å². The zero-order valence-corrected chi connectivity index (χ0v) is 14.1. The fraction of sp³-hybridized carbons (Fsp3) is 0.941. The summed E-state index contributed by atoms with van der Waals surface area (Å²) in [6.07, 6.45) is 8.31. The summed E-state index contributed by atoms with van der Waals surface area (Å²) in [5, 5.41) is 12.3. The minimum Gasteiger partial charge on any atom is -0.395 e. The molecule has 1 atom stereocenters. The SMILES string of the molecule is CC(C)CCC(C)NC(=O)CN(CCO)C1CCCCC1. The van der Waals surface area contributed by atoms with Crippen LogP contribution in [0.25, 0.3) is 0 Å². The molecule has 4 heteroatoms. The fourth-order valence-corrected chi connectivity index (χ4v) is 3.13. The van der Waals surface area contributed by atoms with Crippen LogP contribution in [0.15, 0.2) is 0 Å². The van der Waals surface area contributed by atoms with Gasteiger partial charge in [-0.15, -0.1) is 0 Å². The highest BCUT2D eigenvalue weighted by atomic mass is 16.3. The van der Waals surface area contributed by atoms with Crippen LogP contribution in [0.5, 0.6) is 0 Å². The van der Waals surface area contributed by atoms with E-state index >= 15 is 0 Å². The Bertz CT molecular complexity index is 289. The molecule has 0 bridgehead atoms. The van der Waals surface area contributed by atoms with Crippen molar-refractivity contribution in [3.05, 3.63) is 0 Å². The number of carbonyl (C=O) groups is 1. The lowest BCUT2D eigenvalue weighted by molar-refractivity contribution is -0.123. The number of carbonyl (C=O) groups excluding carboxylic acids is 1. The van der Waals surface area contributed by atoms with Gasteiger partial charge < -0.3 is 10.4 Å². The van der Waals surface area contributed by atoms with Gasteiger partial charge in [0.05, 0.1) is 13.2 Å². The first-order valence-electron chi connectivity index (χ1n) is 8.67. The first kappa shape index (κ1) is 18.4. The maximum atomic E-state index is 12.2. The van der Waals surface area contributed by atoms with Crippen molar-refractivity contribution in [1.82, 2.24) is 10.2 Å². The molecule has 0 spiro atoms. The summed E-state index contributed by atoms with van der Waals surface area (Å²) in [6, 6.07) is 0.713. The van der Waals surface area contributed by atoms with Crippen LogP contribution in [0.1, 0.15) is 65.7 Å². The summed E-state index contributed by atoms with van der Waals surface area (Å²) in [4.78, 5) is 14.4. The second-order valence-corrected chi connectivity index (χ2v) is 6.93. The molecule has 2 N–H and O–H groups in total. The van der Waals surface area contributed by atoms with E-state index in [0.717, 1.165) is 25.7 Å². The number of nitrogens with one attached hydrogen (secondary N) is 1. The number of hydrogen-bond acceptors (Lipinski definition) is 3. The van der Waals surface area contributed by atoms with Crippen LogP contribution >= 0.6 is 0 Å². The van der Waals surface area contributed by atoms with Gasteiger partial charge in [0.2, 0.25) is 5.91 Å². The first-order chi connectivity index (χ1) is 10.0. The molecule has 1 saturated carbocycles. The van der Waals surface area contributed by atoms with E-state index < -0.39 is 0 Å². The standard InChI is InChI=1S/C17H34N2O2/c1-14(2)9-10-15(3)18-17(21)13-19(11-12-20)16-7-5-4-6-8-16/h14-16,20H,4-13H2,1-3H3,(H,18,21). The summed E-state index contributed by atoms with van der Waals surface area (Å²) in [5.74, 6) is 0.780. The molecule has 1 amide bonds. The number of amides is 1. The van der Waals surface area contributed by atoms with Crippen molar-refractivity contribution in [2.75, 3.05) is 19.7 Å². The van der Waals surface area contributed by atoms with Gasteiger partial charge in [-0.05, 0) is 38.5 Å². The zero-order valence-electron chi connectivity index (χ0n) is 14.1. The molecular weight excluding hydrogens is 264 g/mol. The van der Waals surface area contributed by atoms with Gasteiger partial charge in [0.1, 0.15) is 0 Å². The molecule has 0 saturated heterocycles. The minimum atomic E-state index is 0.102. The number of rotatable bonds is 9. The fourth-order valence-electron chi connectivity index (χ4n) is 3.13. The molecule has 0 aliphatic heterocycles. The molecule has 0 aromatic carbocycles. The average Bonchev–Trinajstić information content (AvgIpc) is 2.45. The lowest BCUT2D eigenvalue weighted by Gasteiger charge is -2.33. The average molecular weight is 298 g/mol. The van der Waals surface area contributed by atoms with Gasteiger partial charge in [-0.1, -0.05) is 33.1 Å². The lowest BCUT2D eigenvalue weighted by atomic mass is 9.94. The second-order valence-electron chi connectivity index (χ2n) is 6.93. The normalized spacial score (nSPS) is 18.2. The van der Waals surface area contributed by atoms with Gasteiger partial charge in [-0.25, -0.2) is 0 Å². The molecule has 0 aromatic heterocycles. The highest BCUT2D eigenvalue weighted by molar-refractivity contribution is 5.78. The van der Waals surface area contributed by atoms with E-state index in [-0.39, 0.29) is 18.6 Å². The van der Waals surface area contributed by atoms with Gasteiger partial charge in [-0.3, -0.25) is 9.69 Å². The van der Waals surface area contributed by atoms with Crippen molar-refractivity contribution in [3.8, 4) is 0 Å². The van der Waals surface area contributed by atoms with Gasteiger partial charge in [0.25, 0.3) is 0 Å². The quantitative estimate of drug-likeness (QED) is 0.688.